The van der Waals surface area contributed by atoms with Gasteiger partial charge in [-0.1, -0.05) is 11.8 Å². The molecule has 12 heavy (non-hydrogen) atoms. The van der Waals surface area contributed by atoms with Gasteiger partial charge in [0.15, 0.2) is 0 Å². The number of pyridine rings is 1. The number of hydrogen-bond donors (Lipinski definition) is 0. The Bertz CT molecular complexity index is 346. The summed E-state index contributed by atoms with van der Waals surface area (Å²) in [6.45, 7) is 1.92. The van der Waals surface area contributed by atoms with E-state index >= 15 is 0 Å². The summed E-state index contributed by atoms with van der Waals surface area (Å²) in [4.78, 5) is 4.07. The van der Waals surface area contributed by atoms with Crippen LogP contribution in [0.4, 0.5) is 0 Å². The van der Waals surface area contributed by atoms with E-state index in [2.05, 4.69) is 16.8 Å². The minimum atomic E-state index is 0.272. The first kappa shape index (κ1) is 8.30. The van der Waals surface area contributed by atoms with Gasteiger partial charge >= 0.3 is 0 Å². The Kier molecular flexibility index (Phi) is 2.87. The third-order valence-electron chi connectivity index (χ3n) is 1.31. The molecule has 0 radical (unpaired) electrons. The molecule has 0 aromatic carbocycles. The molecule has 2 heteroatoms. The molecular formula is C10H8N2. The summed E-state index contributed by atoms with van der Waals surface area (Å²) in [5.41, 5.74) is 1.83. The molecule has 0 amide bonds. The van der Waals surface area contributed by atoms with Crippen LogP contribution in [0.5, 0.6) is 0 Å². The highest BCUT2D eigenvalue weighted by Gasteiger charge is 1.85. The summed E-state index contributed by atoms with van der Waals surface area (Å²) < 4.78 is 0. The molecular weight excluding hydrogens is 148 g/mol. The van der Waals surface area contributed by atoms with Crippen molar-refractivity contribution in [2.45, 2.75) is 13.3 Å². The largest absolute Gasteiger partial charge is 0.260 e. The smallest absolute Gasteiger partial charge is 0.0966 e. The Morgan fingerprint density at radius 1 is 1.50 bits per heavy atom. The zero-order valence-electron chi connectivity index (χ0n) is 6.83. The summed E-state index contributed by atoms with van der Waals surface area (Å²) >= 11 is 0. The minimum absolute atomic E-state index is 0.272. The normalized spacial score (nSPS) is 8.00. The molecule has 0 N–H and O–H groups in total. The van der Waals surface area contributed by atoms with E-state index in [1.165, 1.54) is 0 Å². The SMILES string of the molecule is Cc1ccc(C#CCC#N)cn1. The van der Waals surface area contributed by atoms with Crippen molar-refractivity contribution in [3.63, 3.8) is 0 Å². The Balaban J connectivity index is 2.74. The fourth-order valence-corrected chi connectivity index (χ4v) is 0.728. The van der Waals surface area contributed by atoms with Crippen molar-refractivity contribution in [2.24, 2.45) is 0 Å². The van der Waals surface area contributed by atoms with Crippen LogP contribution in [0.1, 0.15) is 17.7 Å². The van der Waals surface area contributed by atoms with Crippen LogP contribution in [0.2, 0.25) is 0 Å². The molecule has 0 aliphatic heterocycles. The van der Waals surface area contributed by atoms with Gasteiger partial charge in [0.1, 0.15) is 0 Å². The maximum atomic E-state index is 8.22. The Morgan fingerprint density at radius 3 is 2.92 bits per heavy atom. The van der Waals surface area contributed by atoms with Gasteiger partial charge in [-0.05, 0) is 19.1 Å². The molecule has 1 aromatic heterocycles. The van der Waals surface area contributed by atoms with Gasteiger partial charge in [0, 0.05) is 17.5 Å². The van der Waals surface area contributed by atoms with Crippen LogP contribution in [0.25, 0.3) is 0 Å². The highest BCUT2D eigenvalue weighted by molar-refractivity contribution is 5.32. The quantitative estimate of drug-likeness (QED) is 0.535. The number of aryl methyl sites for hydroxylation is 1. The predicted molar refractivity (Wildman–Crippen MR) is 46.1 cm³/mol. The molecule has 2 nitrogen and oxygen atoms in total. The Labute approximate surface area is 71.9 Å². The molecule has 0 atom stereocenters. The first-order valence-electron chi connectivity index (χ1n) is 3.61. The van der Waals surface area contributed by atoms with Crippen LogP contribution in [0, 0.1) is 30.1 Å². The molecule has 0 saturated carbocycles. The molecule has 1 heterocycles. The molecule has 1 rings (SSSR count). The van der Waals surface area contributed by atoms with E-state index in [0.717, 1.165) is 11.3 Å². The summed E-state index contributed by atoms with van der Waals surface area (Å²) in [6, 6.07) is 5.75. The van der Waals surface area contributed by atoms with Crippen molar-refractivity contribution >= 4 is 0 Å². The van der Waals surface area contributed by atoms with Crippen molar-refractivity contribution < 1.29 is 0 Å². The average Bonchev–Trinajstić information content (AvgIpc) is 2.09. The average molecular weight is 156 g/mol. The summed E-state index contributed by atoms with van der Waals surface area (Å²) in [5.74, 6) is 5.56. The maximum absolute atomic E-state index is 8.22. The predicted octanol–water partition coefficient (Wildman–Crippen LogP) is 1.66. The van der Waals surface area contributed by atoms with Crippen LogP contribution >= 0.6 is 0 Å². The minimum Gasteiger partial charge on any atom is -0.260 e. The maximum Gasteiger partial charge on any atom is 0.0966 e. The number of nitrogens with zero attached hydrogens (tertiary/aromatic N) is 2. The lowest BCUT2D eigenvalue weighted by molar-refractivity contribution is 1.19. The van der Waals surface area contributed by atoms with E-state index in [0.29, 0.717) is 0 Å². The second kappa shape index (κ2) is 4.16. The molecule has 1 aromatic rings. The van der Waals surface area contributed by atoms with E-state index in [-0.39, 0.29) is 6.42 Å². The Hall–Kier alpha value is -1.80. The number of hydrogen-bond acceptors (Lipinski definition) is 2. The molecule has 0 fully saturated rings. The molecule has 0 bridgehead atoms. The van der Waals surface area contributed by atoms with Crippen molar-refractivity contribution in [1.82, 2.24) is 4.98 Å². The van der Waals surface area contributed by atoms with Gasteiger partial charge in [-0.25, -0.2) is 0 Å². The fourth-order valence-electron chi connectivity index (χ4n) is 0.728. The van der Waals surface area contributed by atoms with Crippen LogP contribution in [0.15, 0.2) is 18.3 Å². The molecule has 0 aliphatic rings. The van der Waals surface area contributed by atoms with Crippen LogP contribution < -0.4 is 0 Å². The van der Waals surface area contributed by atoms with Crippen LogP contribution in [-0.4, -0.2) is 4.98 Å². The van der Waals surface area contributed by atoms with Gasteiger partial charge in [-0.15, -0.1) is 0 Å². The van der Waals surface area contributed by atoms with E-state index in [4.69, 9.17) is 5.26 Å². The van der Waals surface area contributed by atoms with E-state index in [9.17, 15) is 0 Å². The monoisotopic (exact) mass is 156 g/mol. The lowest BCUT2D eigenvalue weighted by atomic mass is 10.2. The van der Waals surface area contributed by atoms with Gasteiger partial charge in [0.05, 0.1) is 12.5 Å². The third kappa shape index (κ3) is 2.44. The first-order chi connectivity index (χ1) is 5.83. The molecule has 0 unspecified atom stereocenters. The van der Waals surface area contributed by atoms with Crippen molar-refractivity contribution in [3.05, 3.63) is 29.6 Å². The molecule has 58 valence electrons. The van der Waals surface area contributed by atoms with E-state index < -0.39 is 0 Å². The second-order valence-electron chi connectivity index (χ2n) is 2.32. The number of rotatable bonds is 0. The third-order valence-corrected chi connectivity index (χ3v) is 1.31. The standard InChI is InChI=1S/C10H8N2/c1-9-5-6-10(8-12-9)4-2-3-7-11/h5-6,8H,3H2,1H3. The fraction of sp³-hybridized carbons (Fsp3) is 0.200. The van der Waals surface area contributed by atoms with Gasteiger partial charge < -0.3 is 0 Å². The van der Waals surface area contributed by atoms with E-state index in [1.807, 2.05) is 25.1 Å². The van der Waals surface area contributed by atoms with Crippen molar-refractivity contribution in [2.75, 3.05) is 0 Å². The zero-order valence-corrected chi connectivity index (χ0v) is 6.83. The topological polar surface area (TPSA) is 36.7 Å². The van der Waals surface area contributed by atoms with Crippen molar-refractivity contribution in [3.8, 4) is 17.9 Å². The number of nitriles is 1. The number of aromatic nitrogens is 1. The summed E-state index contributed by atoms with van der Waals surface area (Å²) in [5, 5.41) is 8.22. The van der Waals surface area contributed by atoms with Crippen LogP contribution in [0.3, 0.4) is 0 Å². The van der Waals surface area contributed by atoms with Crippen molar-refractivity contribution in [1.29, 1.82) is 5.26 Å². The Morgan fingerprint density at radius 2 is 2.33 bits per heavy atom. The lowest BCUT2D eigenvalue weighted by Gasteiger charge is -1.89. The lowest BCUT2D eigenvalue weighted by Crippen LogP contribution is -1.80. The van der Waals surface area contributed by atoms with Crippen LogP contribution in [-0.2, 0) is 0 Å². The molecule has 0 aliphatic carbocycles. The van der Waals surface area contributed by atoms with E-state index in [1.54, 1.807) is 6.20 Å². The molecule has 0 spiro atoms. The van der Waals surface area contributed by atoms with Gasteiger partial charge in [0.25, 0.3) is 0 Å². The van der Waals surface area contributed by atoms with Gasteiger partial charge in [0.2, 0.25) is 0 Å². The van der Waals surface area contributed by atoms with Gasteiger partial charge in [-0.3, -0.25) is 4.98 Å². The molecule has 0 saturated heterocycles. The summed E-state index contributed by atoms with van der Waals surface area (Å²) in [6.07, 6.45) is 1.98. The van der Waals surface area contributed by atoms with Gasteiger partial charge in [-0.2, -0.15) is 5.26 Å². The summed E-state index contributed by atoms with van der Waals surface area (Å²) in [7, 11) is 0. The zero-order chi connectivity index (χ0) is 8.81. The highest BCUT2D eigenvalue weighted by Crippen LogP contribution is 1.96. The second-order valence-corrected chi connectivity index (χ2v) is 2.32. The highest BCUT2D eigenvalue weighted by atomic mass is 14.6. The first-order valence-corrected chi connectivity index (χ1v) is 3.61.